The summed E-state index contributed by atoms with van der Waals surface area (Å²) in [5.74, 6) is -3.22. The van der Waals surface area contributed by atoms with Crippen LogP contribution >= 0.6 is 22.6 Å². The molecule has 0 aromatic heterocycles. The number of phenols is 1. The Kier molecular flexibility index (Phi) is 6.55. The fourth-order valence-electron chi connectivity index (χ4n) is 7.64. The Morgan fingerprint density at radius 1 is 1.05 bits per heavy atom. The van der Waals surface area contributed by atoms with Crippen LogP contribution in [0.1, 0.15) is 44.6 Å². The summed E-state index contributed by atoms with van der Waals surface area (Å²) in [6.07, 6.45) is 3.44. The van der Waals surface area contributed by atoms with E-state index in [1.165, 1.54) is 16.9 Å². The molecule has 2 heterocycles. The number of anilines is 1. The monoisotopic (exact) mass is 654 g/mol. The molecule has 6 rings (SSSR count). The van der Waals surface area contributed by atoms with Gasteiger partial charge < -0.3 is 9.84 Å². The molecule has 2 aromatic rings. The summed E-state index contributed by atoms with van der Waals surface area (Å²) in [7, 11) is 1.47. The van der Waals surface area contributed by atoms with Gasteiger partial charge in [-0.2, -0.15) is 0 Å². The number of ether oxygens (including phenoxy) is 1. The lowest BCUT2D eigenvalue weighted by Crippen LogP contribution is -2.48. The van der Waals surface area contributed by atoms with Crippen molar-refractivity contribution in [3.8, 4) is 11.5 Å². The van der Waals surface area contributed by atoms with Crippen LogP contribution in [0, 0.1) is 32.7 Å². The molecule has 2 aliphatic carbocycles. The lowest BCUT2D eigenvalue weighted by Gasteiger charge is -2.49. The summed E-state index contributed by atoms with van der Waals surface area (Å²) in [5.41, 5.74) is 1.03. The third-order valence-corrected chi connectivity index (χ3v) is 10.3. The summed E-state index contributed by atoms with van der Waals surface area (Å²) in [4.78, 5) is 58.2. The molecular weight excluding hydrogens is 623 g/mol. The predicted molar refractivity (Wildman–Crippen MR) is 155 cm³/mol. The molecule has 3 fully saturated rings. The van der Waals surface area contributed by atoms with Crippen molar-refractivity contribution in [3.05, 3.63) is 63.2 Å². The van der Waals surface area contributed by atoms with E-state index in [4.69, 9.17) is 4.74 Å². The van der Waals surface area contributed by atoms with Crippen LogP contribution in [0.2, 0.25) is 0 Å². The molecule has 2 aromatic carbocycles. The molecule has 2 aliphatic heterocycles. The van der Waals surface area contributed by atoms with E-state index in [2.05, 4.69) is 0 Å². The van der Waals surface area contributed by atoms with Crippen LogP contribution in [-0.2, 0) is 19.2 Å². The van der Waals surface area contributed by atoms with Crippen molar-refractivity contribution in [3.63, 3.8) is 0 Å². The van der Waals surface area contributed by atoms with Gasteiger partial charge in [-0.25, -0.2) is 4.90 Å². The highest BCUT2D eigenvalue weighted by atomic mass is 127. The number of phenolic OH excluding ortho intramolecular Hbond substituents is 1. The van der Waals surface area contributed by atoms with Gasteiger partial charge in [0.2, 0.25) is 23.6 Å². The zero-order chi connectivity index (χ0) is 28.5. The average Bonchev–Trinajstić information content (AvgIpc) is 3.30. The number of aromatic hydroxyl groups is 1. The van der Waals surface area contributed by atoms with Crippen LogP contribution in [0.4, 0.5) is 5.69 Å². The largest absolute Gasteiger partial charge is 0.504 e. The molecule has 0 bridgehead atoms. The number of hydrogen-bond acceptors (Lipinski definition) is 6. The van der Waals surface area contributed by atoms with Crippen LogP contribution in [-0.4, -0.2) is 47.3 Å². The first-order valence-corrected chi connectivity index (χ1v) is 14.8. The normalized spacial score (nSPS) is 31.2. The Balaban J connectivity index is 1.54. The highest BCUT2D eigenvalue weighted by Gasteiger charge is 2.67. The summed E-state index contributed by atoms with van der Waals surface area (Å²) >= 11 is 2.04. The summed E-state index contributed by atoms with van der Waals surface area (Å²) in [5, 5.41) is 10.6. The summed E-state index contributed by atoms with van der Waals surface area (Å²) in [6.45, 7) is 4.17. The van der Waals surface area contributed by atoms with E-state index < -0.39 is 29.1 Å². The first-order valence-electron chi connectivity index (χ1n) is 13.7. The van der Waals surface area contributed by atoms with Crippen molar-refractivity contribution >= 4 is 51.9 Å². The van der Waals surface area contributed by atoms with Crippen LogP contribution < -0.4 is 9.64 Å². The Morgan fingerprint density at radius 3 is 2.45 bits per heavy atom. The quantitative estimate of drug-likeness (QED) is 0.286. The second kappa shape index (κ2) is 9.71. The van der Waals surface area contributed by atoms with Gasteiger partial charge in [-0.3, -0.25) is 24.1 Å². The van der Waals surface area contributed by atoms with E-state index in [0.29, 0.717) is 35.1 Å². The summed E-state index contributed by atoms with van der Waals surface area (Å²) in [6, 6.07) is 12.5. The van der Waals surface area contributed by atoms with Crippen LogP contribution in [0.3, 0.4) is 0 Å². The molecule has 4 aliphatic rings. The predicted octanol–water partition coefficient (Wildman–Crippen LogP) is 4.65. The number of carbonyl (C=O) groups excluding carboxylic acids is 4. The Bertz CT molecular complexity index is 1470. The molecule has 1 N–H and O–H groups in total. The lowest BCUT2D eigenvalue weighted by atomic mass is 9.51. The fourth-order valence-corrected chi connectivity index (χ4v) is 8.27. The SMILES string of the molecule is CCCN1C(=O)C2CC=C3C(CC4C(=O)N(c5ccccc5)C(=O)C4(C)C3c3cc(I)c(O)c(OC)c3)C2C1=O. The number of likely N-dealkylation sites (tertiary alicyclic amines) is 1. The summed E-state index contributed by atoms with van der Waals surface area (Å²) < 4.78 is 6.03. The smallest absolute Gasteiger partial charge is 0.241 e. The van der Waals surface area contributed by atoms with Crippen LogP contribution in [0.25, 0.3) is 0 Å². The zero-order valence-electron chi connectivity index (χ0n) is 22.6. The van der Waals surface area contributed by atoms with Crippen molar-refractivity contribution in [1.82, 2.24) is 4.90 Å². The van der Waals surface area contributed by atoms with Gasteiger partial charge in [0.05, 0.1) is 39.5 Å². The number of allylic oxidation sites excluding steroid dienone is 2. The van der Waals surface area contributed by atoms with Gasteiger partial charge >= 0.3 is 0 Å². The number of fused-ring (bicyclic) bond motifs is 4. The van der Waals surface area contributed by atoms with Gasteiger partial charge in [0, 0.05) is 12.5 Å². The topological polar surface area (TPSA) is 104 Å². The Morgan fingerprint density at radius 2 is 1.77 bits per heavy atom. The Hall–Kier alpha value is -3.21. The second-order valence-corrected chi connectivity index (χ2v) is 12.5. The molecule has 0 radical (unpaired) electrons. The molecule has 4 amide bonds. The second-order valence-electron chi connectivity index (χ2n) is 11.4. The van der Waals surface area contributed by atoms with E-state index in [9.17, 15) is 24.3 Å². The molecule has 9 heteroatoms. The standard InChI is InChI=1S/C31H31IN2O6/c1-4-12-33-27(36)19-11-10-18-20(24(19)29(33)38)15-21-28(37)34(17-8-6-5-7-9-17)30(39)31(21,2)25(18)16-13-22(32)26(35)23(14-16)40-3/h5-10,13-14,19-21,24-25,35H,4,11-12,15H2,1-3H3. The zero-order valence-corrected chi connectivity index (χ0v) is 24.8. The molecule has 8 nitrogen and oxygen atoms in total. The number of para-hydroxylation sites is 1. The minimum absolute atomic E-state index is 0.00473. The molecule has 0 spiro atoms. The van der Waals surface area contributed by atoms with Crippen molar-refractivity contribution in [1.29, 1.82) is 0 Å². The third kappa shape index (κ3) is 3.62. The van der Waals surface area contributed by atoms with Gasteiger partial charge in [0.15, 0.2) is 11.5 Å². The van der Waals surface area contributed by atoms with Gasteiger partial charge in [0.25, 0.3) is 0 Å². The number of imide groups is 2. The van der Waals surface area contributed by atoms with Crippen molar-refractivity contribution in [2.24, 2.45) is 29.1 Å². The van der Waals surface area contributed by atoms with Crippen LogP contribution in [0.5, 0.6) is 11.5 Å². The van der Waals surface area contributed by atoms with Crippen molar-refractivity contribution in [2.45, 2.75) is 39.0 Å². The number of nitrogens with zero attached hydrogens (tertiary/aromatic N) is 2. The number of halogens is 1. The van der Waals surface area contributed by atoms with E-state index >= 15 is 0 Å². The maximum absolute atomic E-state index is 14.4. The van der Waals surface area contributed by atoms with Gasteiger partial charge in [0.1, 0.15) is 0 Å². The van der Waals surface area contributed by atoms with E-state index in [0.717, 1.165) is 11.1 Å². The highest BCUT2D eigenvalue weighted by Crippen LogP contribution is 2.64. The number of amides is 4. The van der Waals surface area contributed by atoms with Crippen molar-refractivity contribution < 1.29 is 29.0 Å². The first-order chi connectivity index (χ1) is 19.1. The maximum Gasteiger partial charge on any atom is 0.241 e. The number of rotatable bonds is 5. The van der Waals surface area contributed by atoms with Gasteiger partial charge in [-0.05, 0) is 84.5 Å². The minimum atomic E-state index is -1.14. The average molecular weight is 655 g/mol. The minimum Gasteiger partial charge on any atom is -0.504 e. The lowest BCUT2D eigenvalue weighted by molar-refractivity contribution is -0.140. The van der Waals surface area contributed by atoms with Crippen LogP contribution in [0.15, 0.2) is 54.1 Å². The molecular formula is C31H31IN2O6. The van der Waals surface area contributed by atoms with Crippen molar-refractivity contribution in [2.75, 3.05) is 18.6 Å². The van der Waals surface area contributed by atoms with E-state index in [1.54, 1.807) is 30.3 Å². The van der Waals surface area contributed by atoms with E-state index in [1.807, 2.05) is 54.6 Å². The number of hydrogen-bond donors (Lipinski definition) is 1. The van der Waals surface area contributed by atoms with Gasteiger partial charge in [-0.15, -0.1) is 0 Å². The fraction of sp³-hybridized carbons (Fsp3) is 0.419. The molecule has 208 valence electrons. The molecule has 40 heavy (non-hydrogen) atoms. The maximum atomic E-state index is 14.4. The molecule has 6 unspecified atom stereocenters. The Labute approximate surface area is 246 Å². The highest BCUT2D eigenvalue weighted by molar-refractivity contribution is 14.1. The third-order valence-electron chi connectivity index (χ3n) is 9.43. The molecule has 1 saturated carbocycles. The number of benzene rings is 2. The number of carbonyl (C=O) groups is 4. The van der Waals surface area contributed by atoms with Gasteiger partial charge in [-0.1, -0.05) is 36.8 Å². The van der Waals surface area contributed by atoms with E-state index in [-0.39, 0.29) is 41.0 Å². The first kappa shape index (κ1) is 27.0. The molecule has 2 saturated heterocycles. The molecule has 6 atom stereocenters. The number of methoxy groups -OCH3 is 1.